The number of halogens is 1. The second-order valence-corrected chi connectivity index (χ2v) is 10.9. The van der Waals surface area contributed by atoms with Crippen molar-refractivity contribution < 1.29 is 22.7 Å². The van der Waals surface area contributed by atoms with Crippen LogP contribution in [0.15, 0.2) is 42.5 Å². The first kappa shape index (κ1) is 26.2. The molecule has 1 amide bonds. The topological polar surface area (TPSA) is 84.9 Å². The molecule has 0 spiro atoms. The minimum atomic E-state index is -3.80. The molecule has 0 saturated carbocycles. The van der Waals surface area contributed by atoms with Crippen LogP contribution in [0.1, 0.15) is 58.1 Å². The fourth-order valence-corrected chi connectivity index (χ4v) is 6.01. The smallest absolute Gasteiger partial charge is 0.244 e. The summed E-state index contributed by atoms with van der Waals surface area (Å²) in [5.41, 5.74) is 0.800. The molecule has 0 saturated heterocycles. The highest BCUT2D eigenvalue weighted by Crippen LogP contribution is 2.43. The van der Waals surface area contributed by atoms with E-state index in [1.807, 2.05) is 24.3 Å². The number of fused-ring (bicyclic) bond motifs is 1. The third-order valence-corrected chi connectivity index (χ3v) is 8.00. The van der Waals surface area contributed by atoms with Crippen LogP contribution < -0.4 is 19.1 Å². The van der Waals surface area contributed by atoms with Crippen LogP contribution in [0.25, 0.3) is 0 Å². The molecule has 0 aliphatic carbocycles. The normalized spacial score (nSPS) is 17.8. The summed E-state index contributed by atoms with van der Waals surface area (Å²) in [4.78, 5) is 13.6. The zero-order valence-electron chi connectivity index (χ0n) is 20.3. The Morgan fingerprint density at radius 1 is 1.24 bits per heavy atom. The fourth-order valence-electron chi connectivity index (χ4n) is 4.55. The molecule has 3 rings (SSSR count). The molecule has 9 heteroatoms. The van der Waals surface area contributed by atoms with Crippen LogP contribution in [0.3, 0.4) is 0 Å². The number of nitrogens with one attached hydrogen (secondary N) is 1. The second kappa shape index (κ2) is 10.4. The van der Waals surface area contributed by atoms with Gasteiger partial charge in [0.15, 0.2) is 0 Å². The first-order valence-electron chi connectivity index (χ1n) is 11.5. The van der Waals surface area contributed by atoms with Gasteiger partial charge in [0, 0.05) is 12.0 Å². The average Bonchev–Trinajstić information content (AvgIpc) is 2.81. The standard InChI is InChI=1S/C25H33ClN2O5S/c1-6-21(28(34(5,30)31)17-13-14-23(32-4)19(26)15-17)24(29)27-20-16-25(7-2,8-3)33-22-12-10-9-11-18(20)22/h9-15,20-21H,6-8,16H2,1-5H3,(H,27,29)/t20-,21-/m1/s1. The van der Waals surface area contributed by atoms with Gasteiger partial charge in [0.2, 0.25) is 15.9 Å². The summed E-state index contributed by atoms with van der Waals surface area (Å²) in [6.07, 6.45) is 3.55. The van der Waals surface area contributed by atoms with E-state index < -0.39 is 21.7 Å². The molecule has 2 atom stereocenters. The number of rotatable bonds is 9. The van der Waals surface area contributed by atoms with Gasteiger partial charge in [0.25, 0.3) is 0 Å². The van der Waals surface area contributed by atoms with Crippen LogP contribution in [0, 0.1) is 0 Å². The maximum atomic E-state index is 13.6. The second-order valence-electron chi connectivity index (χ2n) is 8.60. The molecule has 7 nitrogen and oxygen atoms in total. The van der Waals surface area contributed by atoms with E-state index in [4.69, 9.17) is 21.1 Å². The number of sulfonamides is 1. The summed E-state index contributed by atoms with van der Waals surface area (Å²) in [6.45, 7) is 5.93. The number of carbonyl (C=O) groups is 1. The van der Waals surface area contributed by atoms with Crippen molar-refractivity contribution in [2.24, 2.45) is 0 Å². The fraction of sp³-hybridized carbons (Fsp3) is 0.480. The maximum Gasteiger partial charge on any atom is 0.244 e. The molecule has 1 N–H and O–H groups in total. The van der Waals surface area contributed by atoms with Crippen molar-refractivity contribution in [3.63, 3.8) is 0 Å². The van der Waals surface area contributed by atoms with Crippen LogP contribution in [0.2, 0.25) is 5.02 Å². The van der Waals surface area contributed by atoms with Gasteiger partial charge in [-0.3, -0.25) is 9.10 Å². The molecule has 0 aromatic heterocycles. The Morgan fingerprint density at radius 2 is 1.91 bits per heavy atom. The van der Waals surface area contributed by atoms with E-state index in [0.29, 0.717) is 17.9 Å². The highest BCUT2D eigenvalue weighted by atomic mass is 35.5. The van der Waals surface area contributed by atoms with Gasteiger partial charge in [-0.15, -0.1) is 0 Å². The van der Waals surface area contributed by atoms with Crippen LogP contribution >= 0.6 is 11.6 Å². The monoisotopic (exact) mass is 508 g/mol. The van der Waals surface area contributed by atoms with Crippen molar-refractivity contribution in [2.45, 2.75) is 64.1 Å². The minimum Gasteiger partial charge on any atom is -0.495 e. The molecule has 1 aliphatic rings. The first-order chi connectivity index (χ1) is 16.1. The Morgan fingerprint density at radius 3 is 2.47 bits per heavy atom. The van der Waals surface area contributed by atoms with E-state index >= 15 is 0 Å². The summed E-state index contributed by atoms with van der Waals surface area (Å²) in [5.74, 6) is 0.797. The summed E-state index contributed by atoms with van der Waals surface area (Å²) in [7, 11) is -2.31. The number of carbonyl (C=O) groups excluding carboxylic acids is 1. The van der Waals surface area contributed by atoms with Gasteiger partial charge in [-0.05, 0) is 43.5 Å². The van der Waals surface area contributed by atoms with Gasteiger partial charge in [-0.25, -0.2) is 8.42 Å². The lowest BCUT2D eigenvalue weighted by Crippen LogP contribution is -2.52. The van der Waals surface area contributed by atoms with E-state index in [1.54, 1.807) is 19.1 Å². The number of anilines is 1. The lowest BCUT2D eigenvalue weighted by molar-refractivity contribution is -0.123. The number of methoxy groups -OCH3 is 1. The minimum absolute atomic E-state index is 0.262. The number of hydrogen-bond donors (Lipinski definition) is 1. The molecule has 1 aliphatic heterocycles. The van der Waals surface area contributed by atoms with Gasteiger partial charge in [0.1, 0.15) is 23.1 Å². The Labute approximate surface area is 207 Å². The third-order valence-electron chi connectivity index (χ3n) is 6.52. The molecular formula is C25H33ClN2O5S. The van der Waals surface area contributed by atoms with Gasteiger partial charge in [0.05, 0.1) is 30.1 Å². The highest BCUT2D eigenvalue weighted by molar-refractivity contribution is 7.92. The van der Waals surface area contributed by atoms with E-state index in [9.17, 15) is 13.2 Å². The van der Waals surface area contributed by atoms with Crippen molar-refractivity contribution in [1.82, 2.24) is 5.32 Å². The number of hydrogen-bond acceptors (Lipinski definition) is 5. The molecular weight excluding hydrogens is 476 g/mol. The molecule has 186 valence electrons. The molecule has 0 fully saturated rings. The predicted octanol–water partition coefficient (Wildman–Crippen LogP) is 5.09. The lowest BCUT2D eigenvalue weighted by atomic mass is 9.83. The Balaban J connectivity index is 1.97. The molecule has 34 heavy (non-hydrogen) atoms. The Hall–Kier alpha value is -2.45. The van der Waals surface area contributed by atoms with Gasteiger partial charge in [-0.1, -0.05) is 50.6 Å². The third kappa shape index (κ3) is 5.28. The quantitative estimate of drug-likeness (QED) is 0.510. The van der Waals surface area contributed by atoms with Crippen molar-refractivity contribution in [3.8, 4) is 11.5 Å². The van der Waals surface area contributed by atoms with Crippen molar-refractivity contribution in [1.29, 1.82) is 0 Å². The predicted molar refractivity (Wildman–Crippen MR) is 135 cm³/mol. The van der Waals surface area contributed by atoms with Crippen molar-refractivity contribution in [2.75, 3.05) is 17.7 Å². The van der Waals surface area contributed by atoms with Crippen LogP contribution in [0.4, 0.5) is 5.69 Å². The Kier molecular flexibility index (Phi) is 8.03. The zero-order valence-corrected chi connectivity index (χ0v) is 21.9. The molecule has 2 aromatic carbocycles. The van der Waals surface area contributed by atoms with Gasteiger partial charge < -0.3 is 14.8 Å². The lowest BCUT2D eigenvalue weighted by Gasteiger charge is -2.42. The number of nitrogens with zero attached hydrogens (tertiary/aromatic N) is 1. The van der Waals surface area contributed by atoms with Gasteiger partial charge in [-0.2, -0.15) is 0 Å². The van der Waals surface area contributed by atoms with E-state index in [-0.39, 0.29) is 23.4 Å². The average molecular weight is 509 g/mol. The largest absolute Gasteiger partial charge is 0.495 e. The number of amides is 1. The molecule has 0 radical (unpaired) electrons. The summed E-state index contributed by atoms with van der Waals surface area (Å²) in [5, 5.41) is 3.39. The highest BCUT2D eigenvalue weighted by Gasteiger charge is 2.40. The van der Waals surface area contributed by atoms with Crippen molar-refractivity contribution >= 4 is 33.2 Å². The van der Waals surface area contributed by atoms with E-state index in [2.05, 4.69) is 19.2 Å². The number of benzene rings is 2. The number of para-hydroxylation sites is 1. The van der Waals surface area contributed by atoms with E-state index in [1.165, 1.54) is 13.2 Å². The zero-order chi connectivity index (χ0) is 25.1. The van der Waals surface area contributed by atoms with Crippen LogP contribution in [-0.2, 0) is 14.8 Å². The van der Waals surface area contributed by atoms with Crippen LogP contribution in [0.5, 0.6) is 11.5 Å². The molecule has 0 unspecified atom stereocenters. The van der Waals surface area contributed by atoms with Crippen molar-refractivity contribution in [3.05, 3.63) is 53.1 Å². The van der Waals surface area contributed by atoms with Gasteiger partial charge >= 0.3 is 0 Å². The first-order valence-corrected chi connectivity index (χ1v) is 13.7. The maximum absolute atomic E-state index is 13.6. The number of ether oxygens (including phenoxy) is 2. The van der Waals surface area contributed by atoms with E-state index in [0.717, 1.165) is 34.7 Å². The molecule has 1 heterocycles. The summed E-state index contributed by atoms with van der Waals surface area (Å²) >= 11 is 6.27. The molecule has 0 bridgehead atoms. The summed E-state index contributed by atoms with van der Waals surface area (Å²) < 4.78 is 38.3. The molecule has 2 aromatic rings. The summed E-state index contributed by atoms with van der Waals surface area (Å²) in [6, 6.07) is 11.1. The Bertz CT molecular complexity index is 1130. The SMILES string of the molecule is CC[C@H](C(=O)N[C@@H]1CC(CC)(CC)Oc2ccccc21)N(c1ccc(OC)c(Cl)c1)S(C)(=O)=O. The van der Waals surface area contributed by atoms with Crippen LogP contribution in [-0.4, -0.2) is 39.3 Å².